The zero-order valence-electron chi connectivity index (χ0n) is 15.3. The number of carbonyl (C=O) groups is 1. The van der Waals surface area contributed by atoms with Gasteiger partial charge in [0.05, 0.1) is 12.7 Å². The van der Waals surface area contributed by atoms with Gasteiger partial charge in [0.15, 0.2) is 0 Å². The first kappa shape index (κ1) is 18.6. The fourth-order valence-electron chi connectivity index (χ4n) is 3.44. The van der Waals surface area contributed by atoms with Crippen molar-refractivity contribution in [3.63, 3.8) is 0 Å². The molecule has 0 saturated heterocycles. The molecule has 1 amide bonds. The fourth-order valence-corrected chi connectivity index (χ4v) is 3.44. The van der Waals surface area contributed by atoms with Crippen LogP contribution in [0, 0.1) is 18.7 Å². The molecule has 0 unspecified atom stereocenters. The quantitative estimate of drug-likeness (QED) is 0.787. The number of aryl methyl sites for hydroxylation is 1. The minimum atomic E-state index is -0.339. The summed E-state index contributed by atoms with van der Waals surface area (Å²) in [5.74, 6) is 0.408. The Morgan fingerprint density at radius 2 is 2.04 bits per heavy atom. The van der Waals surface area contributed by atoms with E-state index in [4.69, 9.17) is 9.26 Å². The third-order valence-electron chi connectivity index (χ3n) is 4.96. The van der Waals surface area contributed by atoms with Crippen LogP contribution in [0.3, 0.4) is 0 Å². The van der Waals surface area contributed by atoms with Crippen LogP contribution in [-0.4, -0.2) is 30.3 Å². The zero-order valence-corrected chi connectivity index (χ0v) is 15.3. The maximum atomic E-state index is 13.1. The molecule has 1 aliphatic rings. The topological polar surface area (TPSA) is 64.4 Å². The molecule has 2 atom stereocenters. The van der Waals surface area contributed by atoms with E-state index < -0.39 is 0 Å². The number of nitrogens with one attached hydrogen (secondary N) is 1. The lowest BCUT2D eigenvalue weighted by atomic mass is 9.88. The van der Waals surface area contributed by atoms with Gasteiger partial charge in [-0.1, -0.05) is 24.9 Å². The van der Waals surface area contributed by atoms with E-state index in [0.717, 1.165) is 6.42 Å². The molecule has 1 aromatic heterocycles. The second-order valence-corrected chi connectivity index (χ2v) is 6.90. The predicted octanol–water partition coefficient (Wildman–Crippen LogP) is 4.11. The molecule has 6 heteroatoms. The van der Waals surface area contributed by atoms with Crippen molar-refractivity contribution in [2.75, 3.05) is 13.2 Å². The monoisotopic (exact) mass is 360 g/mol. The molecule has 0 radical (unpaired) electrons. The van der Waals surface area contributed by atoms with E-state index in [2.05, 4.69) is 17.4 Å². The average molecular weight is 360 g/mol. The lowest BCUT2D eigenvalue weighted by Crippen LogP contribution is -2.32. The fraction of sp³-hybridized carbons (Fsp3) is 0.500. The summed E-state index contributed by atoms with van der Waals surface area (Å²) < 4.78 is 24.2. The number of benzene rings is 1. The summed E-state index contributed by atoms with van der Waals surface area (Å²) >= 11 is 0. The highest BCUT2D eigenvalue weighted by Crippen LogP contribution is 2.27. The molecule has 5 nitrogen and oxygen atoms in total. The third-order valence-corrected chi connectivity index (χ3v) is 4.96. The number of hydrogen-bond acceptors (Lipinski definition) is 4. The van der Waals surface area contributed by atoms with E-state index in [0.29, 0.717) is 41.7 Å². The Hall–Kier alpha value is -2.21. The highest BCUT2D eigenvalue weighted by molar-refractivity contribution is 6.00. The van der Waals surface area contributed by atoms with Gasteiger partial charge < -0.3 is 14.6 Å². The Kier molecular flexibility index (Phi) is 6.04. The first-order chi connectivity index (χ1) is 12.6. The van der Waals surface area contributed by atoms with Gasteiger partial charge >= 0.3 is 0 Å². The first-order valence-electron chi connectivity index (χ1n) is 9.18. The summed E-state index contributed by atoms with van der Waals surface area (Å²) in [5, 5.41) is 6.82. The Morgan fingerprint density at radius 3 is 2.77 bits per heavy atom. The van der Waals surface area contributed by atoms with Crippen molar-refractivity contribution in [3.05, 3.63) is 41.4 Å². The molecule has 3 rings (SSSR count). The molecule has 26 heavy (non-hydrogen) atoms. The van der Waals surface area contributed by atoms with Crippen LogP contribution in [0.5, 0.6) is 0 Å². The van der Waals surface area contributed by atoms with Gasteiger partial charge in [-0.25, -0.2) is 4.39 Å². The third kappa shape index (κ3) is 4.30. The number of ether oxygens (including phenoxy) is 1. The molecule has 0 aliphatic heterocycles. The summed E-state index contributed by atoms with van der Waals surface area (Å²) in [6.45, 7) is 4.82. The van der Waals surface area contributed by atoms with Gasteiger partial charge in [-0.2, -0.15) is 0 Å². The van der Waals surface area contributed by atoms with Crippen LogP contribution in [0.25, 0.3) is 11.3 Å². The molecular weight excluding hydrogens is 335 g/mol. The zero-order chi connectivity index (χ0) is 18.5. The minimum absolute atomic E-state index is 0.261. The standard InChI is InChI=1S/C20H25FN2O3/c1-13-5-3-4-6-17(13)25-12-11-22-20(24)18-14(2)26-23-19(18)15-7-9-16(21)10-8-15/h7-10,13,17H,3-6,11-12H2,1-2H3,(H,22,24)/t13-,17+/m0/s1. The molecule has 1 N–H and O–H groups in total. The Balaban J connectivity index is 1.58. The number of rotatable bonds is 6. The normalized spacial score (nSPS) is 20.1. The number of carbonyl (C=O) groups excluding carboxylic acids is 1. The summed E-state index contributed by atoms with van der Waals surface area (Å²) in [6.07, 6.45) is 5.07. The average Bonchev–Trinajstić information content (AvgIpc) is 3.02. The van der Waals surface area contributed by atoms with Crippen LogP contribution in [0.1, 0.15) is 48.7 Å². The lowest BCUT2D eigenvalue weighted by molar-refractivity contribution is -0.00294. The van der Waals surface area contributed by atoms with Crippen molar-refractivity contribution in [1.82, 2.24) is 10.5 Å². The van der Waals surface area contributed by atoms with E-state index in [1.807, 2.05) is 0 Å². The highest BCUT2D eigenvalue weighted by Gasteiger charge is 2.23. The van der Waals surface area contributed by atoms with Gasteiger partial charge in [0, 0.05) is 12.1 Å². The Labute approximate surface area is 152 Å². The molecule has 1 aromatic carbocycles. The first-order valence-corrected chi connectivity index (χ1v) is 9.18. The van der Waals surface area contributed by atoms with E-state index in [-0.39, 0.29) is 17.8 Å². The summed E-state index contributed by atoms with van der Waals surface area (Å²) in [5.41, 5.74) is 1.44. The molecule has 0 bridgehead atoms. The molecule has 0 spiro atoms. The van der Waals surface area contributed by atoms with Gasteiger partial charge in [0.25, 0.3) is 5.91 Å². The number of nitrogens with zero attached hydrogens (tertiary/aromatic N) is 1. The number of amides is 1. The van der Waals surface area contributed by atoms with Gasteiger partial charge in [0.1, 0.15) is 22.8 Å². The smallest absolute Gasteiger partial charge is 0.257 e. The second kappa shape index (κ2) is 8.45. The summed E-state index contributed by atoms with van der Waals surface area (Å²) in [4.78, 5) is 12.6. The van der Waals surface area contributed by atoms with E-state index in [9.17, 15) is 9.18 Å². The molecule has 1 saturated carbocycles. The molecule has 1 fully saturated rings. The minimum Gasteiger partial charge on any atom is -0.376 e. The van der Waals surface area contributed by atoms with E-state index in [1.165, 1.54) is 31.4 Å². The van der Waals surface area contributed by atoms with E-state index >= 15 is 0 Å². The number of aromatic nitrogens is 1. The van der Waals surface area contributed by atoms with Crippen LogP contribution in [-0.2, 0) is 4.74 Å². The van der Waals surface area contributed by atoms with Crippen LogP contribution in [0.2, 0.25) is 0 Å². The second-order valence-electron chi connectivity index (χ2n) is 6.90. The van der Waals surface area contributed by atoms with Gasteiger partial charge in [0.2, 0.25) is 0 Å². The van der Waals surface area contributed by atoms with Gasteiger partial charge in [-0.3, -0.25) is 4.79 Å². The van der Waals surface area contributed by atoms with Crippen molar-refractivity contribution in [3.8, 4) is 11.3 Å². The maximum absolute atomic E-state index is 13.1. The summed E-state index contributed by atoms with van der Waals surface area (Å²) in [7, 11) is 0. The molecule has 140 valence electrons. The molecule has 1 heterocycles. The molecule has 2 aromatic rings. The number of hydrogen-bond donors (Lipinski definition) is 1. The number of halogens is 1. The molecule has 1 aliphatic carbocycles. The lowest BCUT2D eigenvalue weighted by Gasteiger charge is -2.28. The Morgan fingerprint density at radius 1 is 1.31 bits per heavy atom. The van der Waals surface area contributed by atoms with Crippen LogP contribution < -0.4 is 5.32 Å². The van der Waals surface area contributed by atoms with Crippen molar-refractivity contribution < 1.29 is 18.4 Å². The van der Waals surface area contributed by atoms with Crippen molar-refractivity contribution in [2.45, 2.75) is 45.6 Å². The van der Waals surface area contributed by atoms with Crippen LogP contribution >= 0.6 is 0 Å². The van der Waals surface area contributed by atoms with Gasteiger partial charge in [-0.05, 0) is 49.9 Å². The van der Waals surface area contributed by atoms with Crippen molar-refractivity contribution in [1.29, 1.82) is 0 Å². The van der Waals surface area contributed by atoms with Crippen molar-refractivity contribution >= 4 is 5.91 Å². The van der Waals surface area contributed by atoms with Crippen LogP contribution in [0.4, 0.5) is 4.39 Å². The SMILES string of the molecule is Cc1onc(-c2ccc(F)cc2)c1C(=O)NCCO[C@@H]1CCCC[C@@H]1C. The predicted molar refractivity (Wildman–Crippen MR) is 96.3 cm³/mol. The molecular formula is C20H25FN2O3. The van der Waals surface area contributed by atoms with Crippen molar-refractivity contribution in [2.24, 2.45) is 5.92 Å². The Bertz CT molecular complexity index is 742. The summed E-state index contributed by atoms with van der Waals surface area (Å²) in [6, 6.07) is 5.83. The van der Waals surface area contributed by atoms with Gasteiger partial charge in [-0.15, -0.1) is 0 Å². The maximum Gasteiger partial charge on any atom is 0.257 e. The highest BCUT2D eigenvalue weighted by atomic mass is 19.1. The largest absolute Gasteiger partial charge is 0.376 e. The van der Waals surface area contributed by atoms with Crippen LogP contribution in [0.15, 0.2) is 28.8 Å². The van der Waals surface area contributed by atoms with E-state index in [1.54, 1.807) is 19.1 Å².